The Morgan fingerprint density at radius 3 is 2.53 bits per heavy atom. The van der Waals surface area contributed by atoms with Crippen LogP contribution in [-0.4, -0.2) is 88.6 Å². The molecule has 1 fully saturated rings. The Labute approximate surface area is 187 Å². The number of hydrogen-bond donors (Lipinski definition) is 5. The van der Waals surface area contributed by atoms with Gasteiger partial charge in [0.2, 0.25) is 11.8 Å². The zero-order valence-corrected chi connectivity index (χ0v) is 18.9. The fraction of sp³-hybridized carbons (Fsp3) is 0.762. The van der Waals surface area contributed by atoms with E-state index in [4.69, 9.17) is 14.2 Å². The van der Waals surface area contributed by atoms with Gasteiger partial charge in [-0.3, -0.25) is 14.4 Å². The second-order valence-electron chi connectivity index (χ2n) is 9.05. The second-order valence-corrected chi connectivity index (χ2v) is 9.05. The van der Waals surface area contributed by atoms with Crippen LogP contribution in [-0.2, 0) is 28.6 Å². The highest BCUT2D eigenvalue weighted by atomic mass is 16.7. The van der Waals surface area contributed by atoms with Crippen LogP contribution in [0.25, 0.3) is 0 Å². The van der Waals surface area contributed by atoms with E-state index in [-0.39, 0.29) is 31.6 Å². The van der Waals surface area contributed by atoms with Gasteiger partial charge in [0.25, 0.3) is 0 Å². The third kappa shape index (κ3) is 7.52. The molecule has 2 amide bonds. The van der Waals surface area contributed by atoms with Gasteiger partial charge in [-0.1, -0.05) is 0 Å². The summed E-state index contributed by atoms with van der Waals surface area (Å²) in [6, 6.07) is -2.08. The van der Waals surface area contributed by atoms with E-state index in [9.17, 15) is 29.7 Å². The van der Waals surface area contributed by atoms with Crippen molar-refractivity contribution in [2.24, 2.45) is 0 Å². The van der Waals surface area contributed by atoms with Crippen LogP contribution < -0.4 is 10.6 Å². The van der Waals surface area contributed by atoms with Gasteiger partial charge in [0, 0.05) is 18.4 Å². The highest BCUT2D eigenvalue weighted by Gasteiger charge is 2.40. The van der Waals surface area contributed by atoms with Crippen molar-refractivity contribution in [2.75, 3.05) is 13.4 Å². The number of hydrogen-bond acceptors (Lipinski definition) is 9. The average molecular weight is 459 g/mol. The maximum absolute atomic E-state index is 12.7. The van der Waals surface area contributed by atoms with Crippen LogP contribution in [0.5, 0.6) is 0 Å². The SMILES string of the molecule is C[C@H](O)[C@@H](NC(=O)C1=C[C@H]2OCO[C@H]2[C@H](O)C1)C(=O)N[C@H](CO)CCC(=O)OC(C)(C)C. The molecule has 0 radical (unpaired) electrons. The first kappa shape index (κ1) is 26.2. The summed E-state index contributed by atoms with van der Waals surface area (Å²) >= 11 is 0. The molecule has 2 aliphatic rings. The summed E-state index contributed by atoms with van der Waals surface area (Å²) in [7, 11) is 0. The molecule has 1 saturated heterocycles. The minimum Gasteiger partial charge on any atom is -0.460 e. The van der Waals surface area contributed by atoms with E-state index >= 15 is 0 Å². The van der Waals surface area contributed by atoms with Crippen molar-refractivity contribution in [2.45, 2.75) is 89.1 Å². The van der Waals surface area contributed by atoms with Gasteiger partial charge >= 0.3 is 5.97 Å². The zero-order chi connectivity index (χ0) is 24.1. The van der Waals surface area contributed by atoms with Crippen LogP contribution in [0.4, 0.5) is 0 Å². The van der Waals surface area contributed by atoms with Gasteiger partial charge in [-0.2, -0.15) is 0 Å². The monoisotopic (exact) mass is 458 g/mol. The number of ether oxygens (including phenoxy) is 3. The second kappa shape index (κ2) is 11.2. The molecule has 0 aromatic carbocycles. The average Bonchev–Trinajstić information content (AvgIpc) is 3.16. The van der Waals surface area contributed by atoms with Gasteiger partial charge in [-0.05, 0) is 40.2 Å². The molecule has 182 valence electrons. The summed E-state index contributed by atoms with van der Waals surface area (Å²) < 4.78 is 15.8. The Bertz CT molecular complexity index is 717. The zero-order valence-electron chi connectivity index (χ0n) is 18.9. The molecule has 0 unspecified atom stereocenters. The molecule has 5 N–H and O–H groups in total. The molecule has 2 rings (SSSR count). The summed E-state index contributed by atoms with van der Waals surface area (Å²) in [4.78, 5) is 37.2. The van der Waals surface area contributed by atoms with E-state index in [2.05, 4.69) is 10.6 Å². The normalized spacial score (nSPS) is 25.7. The first-order chi connectivity index (χ1) is 14.9. The molecule has 11 nitrogen and oxygen atoms in total. The number of esters is 1. The molecule has 1 aliphatic heterocycles. The standard InChI is InChI=1S/C21H34N2O9/c1-11(25)17(20(29)22-13(9-24)5-6-16(27)32-21(2,3)4)23-19(28)12-7-14(26)18-15(8-12)30-10-31-18/h8,11,13-15,17-18,24-26H,5-7,9-10H2,1-4H3,(H,22,29)(H,23,28)/t11-,13-,14+,15+,17+,18-/m0/s1. The van der Waals surface area contributed by atoms with E-state index in [1.165, 1.54) is 13.0 Å². The predicted octanol–water partition coefficient (Wildman–Crippen LogP) is -1.12. The quantitative estimate of drug-likeness (QED) is 0.269. The summed E-state index contributed by atoms with van der Waals surface area (Å²) in [6.45, 7) is 6.12. The number of amides is 2. The van der Waals surface area contributed by atoms with Gasteiger partial charge in [0.1, 0.15) is 30.6 Å². The lowest BCUT2D eigenvalue weighted by molar-refractivity contribution is -0.155. The van der Waals surface area contributed by atoms with Crippen LogP contribution in [0.3, 0.4) is 0 Å². The van der Waals surface area contributed by atoms with Gasteiger partial charge in [-0.15, -0.1) is 0 Å². The summed E-state index contributed by atoms with van der Waals surface area (Å²) in [5.74, 6) is -1.81. The van der Waals surface area contributed by atoms with E-state index < -0.39 is 66.5 Å². The van der Waals surface area contributed by atoms with Crippen LogP contribution >= 0.6 is 0 Å². The van der Waals surface area contributed by atoms with Crippen molar-refractivity contribution in [3.63, 3.8) is 0 Å². The maximum atomic E-state index is 12.7. The first-order valence-electron chi connectivity index (χ1n) is 10.6. The fourth-order valence-corrected chi connectivity index (χ4v) is 3.46. The Morgan fingerprint density at radius 2 is 1.94 bits per heavy atom. The van der Waals surface area contributed by atoms with Gasteiger partial charge in [0.15, 0.2) is 0 Å². The summed E-state index contributed by atoms with van der Waals surface area (Å²) in [6.07, 6.45) is -1.63. The van der Waals surface area contributed by atoms with E-state index in [0.29, 0.717) is 0 Å². The lowest BCUT2D eigenvalue weighted by Gasteiger charge is -2.28. The number of fused-ring (bicyclic) bond motifs is 1. The molecule has 0 saturated carbocycles. The van der Waals surface area contributed by atoms with E-state index in [1.807, 2.05) is 0 Å². The topological polar surface area (TPSA) is 164 Å². The molecule has 1 aliphatic carbocycles. The highest BCUT2D eigenvalue weighted by Crippen LogP contribution is 2.28. The molecule has 6 atom stereocenters. The third-order valence-corrected chi connectivity index (χ3v) is 5.05. The van der Waals surface area contributed by atoms with Crippen LogP contribution in [0, 0.1) is 0 Å². The lowest BCUT2D eigenvalue weighted by Crippen LogP contribution is -2.55. The highest BCUT2D eigenvalue weighted by molar-refractivity contribution is 5.97. The van der Waals surface area contributed by atoms with Gasteiger partial charge in [0.05, 0.1) is 24.9 Å². The van der Waals surface area contributed by atoms with E-state index in [1.54, 1.807) is 20.8 Å². The maximum Gasteiger partial charge on any atom is 0.306 e. The minimum atomic E-state index is -1.31. The molecular weight excluding hydrogens is 424 g/mol. The largest absolute Gasteiger partial charge is 0.460 e. The van der Waals surface area contributed by atoms with Crippen molar-refractivity contribution >= 4 is 17.8 Å². The Hall–Kier alpha value is -2.05. The number of aliphatic hydroxyl groups is 3. The summed E-state index contributed by atoms with van der Waals surface area (Å²) in [5, 5.41) is 34.8. The van der Waals surface area contributed by atoms with Crippen LogP contribution in [0.1, 0.15) is 47.0 Å². The van der Waals surface area contributed by atoms with Crippen molar-refractivity contribution in [1.29, 1.82) is 0 Å². The van der Waals surface area contributed by atoms with Gasteiger partial charge < -0.3 is 40.2 Å². The number of nitrogens with one attached hydrogen (secondary N) is 2. The molecule has 0 aromatic rings. The molecule has 11 heteroatoms. The molecule has 32 heavy (non-hydrogen) atoms. The minimum absolute atomic E-state index is 0.0136. The molecule has 0 aromatic heterocycles. The fourth-order valence-electron chi connectivity index (χ4n) is 3.46. The number of carbonyl (C=O) groups excluding carboxylic acids is 3. The molecule has 1 heterocycles. The Balaban J connectivity index is 1.95. The molecular formula is C21H34N2O9. The predicted molar refractivity (Wildman–Crippen MR) is 111 cm³/mol. The Morgan fingerprint density at radius 1 is 1.25 bits per heavy atom. The van der Waals surface area contributed by atoms with Crippen LogP contribution in [0.15, 0.2) is 11.6 Å². The summed E-state index contributed by atoms with van der Waals surface area (Å²) in [5.41, 5.74) is -0.431. The van der Waals surface area contributed by atoms with Crippen molar-refractivity contribution in [3.8, 4) is 0 Å². The van der Waals surface area contributed by atoms with Crippen molar-refractivity contribution in [3.05, 3.63) is 11.6 Å². The third-order valence-electron chi connectivity index (χ3n) is 5.05. The molecule has 0 spiro atoms. The number of carbonyl (C=O) groups is 3. The van der Waals surface area contributed by atoms with Crippen molar-refractivity contribution in [1.82, 2.24) is 10.6 Å². The van der Waals surface area contributed by atoms with E-state index in [0.717, 1.165) is 0 Å². The lowest BCUT2D eigenvalue weighted by atomic mass is 9.91. The first-order valence-corrected chi connectivity index (χ1v) is 10.6. The molecule has 0 bridgehead atoms. The van der Waals surface area contributed by atoms with Gasteiger partial charge in [-0.25, -0.2) is 0 Å². The van der Waals surface area contributed by atoms with Crippen LogP contribution in [0.2, 0.25) is 0 Å². The number of rotatable bonds is 9. The smallest absolute Gasteiger partial charge is 0.306 e. The number of aliphatic hydroxyl groups excluding tert-OH is 3. The van der Waals surface area contributed by atoms with Crippen molar-refractivity contribution < 1.29 is 43.9 Å². The Kier molecular flexibility index (Phi) is 9.17.